The van der Waals surface area contributed by atoms with Crippen molar-refractivity contribution in [2.24, 2.45) is 0 Å². The van der Waals surface area contributed by atoms with Crippen molar-refractivity contribution in [3.05, 3.63) is 47.7 Å². The smallest absolute Gasteiger partial charge is 0.339 e. The molecule has 0 aliphatic heterocycles. The van der Waals surface area contributed by atoms with Crippen molar-refractivity contribution in [1.82, 2.24) is 19.6 Å². The Labute approximate surface area is 117 Å². The van der Waals surface area contributed by atoms with Crippen LogP contribution in [0, 0.1) is 12.7 Å². The number of aromatic carboxylic acids is 1. The lowest BCUT2D eigenvalue weighted by atomic mass is 10.2. The number of hydrogen-bond acceptors (Lipinski definition) is 5. The van der Waals surface area contributed by atoms with Gasteiger partial charge in [-0.05, 0) is 19.1 Å². The first-order chi connectivity index (χ1) is 10.0. The highest BCUT2D eigenvalue weighted by molar-refractivity contribution is 5.90. The molecule has 0 aliphatic rings. The number of aryl methyl sites for hydroxylation is 1. The summed E-state index contributed by atoms with van der Waals surface area (Å²) in [5.74, 6) is -1.44. The van der Waals surface area contributed by atoms with E-state index in [0.717, 1.165) is 18.2 Å². The van der Waals surface area contributed by atoms with Crippen LogP contribution in [0.2, 0.25) is 0 Å². The van der Waals surface area contributed by atoms with Crippen LogP contribution in [0.1, 0.15) is 16.1 Å². The lowest BCUT2D eigenvalue weighted by Gasteiger charge is -2.10. The summed E-state index contributed by atoms with van der Waals surface area (Å²) in [4.78, 5) is 19.2. The molecule has 3 rings (SSSR count). The summed E-state index contributed by atoms with van der Waals surface area (Å²) in [6, 6.07) is 4.75. The molecule has 0 atom stereocenters. The number of aromatic nitrogens is 4. The van der Waals surface area contributed by atoms with E-state index in [1.807, 2.05) is 0 Å². The molecule has 0 saturated carbocycles. The Morgan fingerprint density at radius 2 is 2.19 bits per heavy atom. The molecule has 106 valence electrons. The topological polar surface area (TPSA) is 89.6 Å². The largest absolute Gasteiger partial charge is 0.478 e. The van der Waals surface area contributed by atoms with Gasteiger partial charge in [0, 0.05) is 17.8 Å². The van der Waals surface area contributed by atoms with E-state index in [1.165, 1.54) is 10.8 Å². The lowest BCUT2D eigenvalue weighted by molar-refractivity contribution is 0.0694. The van der Waals surface area contributed by atoms with E-state index in [9.17, 15) is 9.18 Å². The summed E-state index contributed by atoms with van der Waals surface area (Å²) in [5.41, 5.74) is 0.456. The molecule has 0 saturated heterocycles. The minimum Gasteiger partial charge on any atom is -0.478 e. The molecule has 21 heavy (non-hydrogen) atoms. The molecule has 0 unspecified atom stereocenters. The molecule has 0 fully saturated rings. The number of benzene rings is 1. The summed E-state index contributed by atoms with van der Waals surface area (Å²) < 4.78 is 20.1. The predicted octanol–water partition coefficient (Wildman–Crippen LogP) is 2.06. The first-order valence-corrected chi connectivity index (χ1v) is 5.92. The van der Waals surface area contributed by atoms with E-state index >= 15 is 0 Å². The summed E-state index contributed by atoms with van der Waals surface area (Å²) in [5, 5.41) is 13.0. The van der Waals surface area contributed by atoms with Crippen LogP contribution in [0.3, 0.4) is 0 Å². The highest BCUT2D eigenvalue weighted by atomic mass is 19.1. The van der Waals surface area contributed by atoms with Crippen LogP contribution >= 0.6 is 0 Å². The Morgan fingerprint density at radius 1 is 1.38 bits per heavy atom. The van der Waals surface area contributed by atoms with Gasteiger partial charge in [0.2, 0.25) is 5.88 Å². The Balaban J connectivity index is 2.12. The van der Waals surface area contributed by atoms with Gasteiger partial charge in [-0.3, -0.25) is 0 Å². The fourth-order valence-corrected chi connectivity index (χ4v) is 1.84. The molecule has 0 aliphatic carbocycles. The highest BCUT2D eigenvalue weighted by Crippen LogP contribution is 2.26. The Hall–Kier alpha value is -3.03. The summed E-state index contributed by atoms with van der Waals surface area (Å²) in [7, 11) is 0. The van der Waals surface area contributed by atoms with Crippen LogP contribution in [-0.2, 0) is 0 Å². The quantitative estimate of drug-likeness (QED) is 0.793. The van der Waals surface area contributed by atoms with Gasteiger partial charge in [-0.1, -0.05) is 0 Å². The van der Waals surface area contributed by atoms with Crippen molar-refractivity contribution in [2.45, 2.75) is 6.92 Å². The molecule has 0 radical (unpaired) electrons. The van der Waals surface area contributed by atoms with Gasteiger partial charge in [-0.15, -0.1) is 0 Å². The molecule has 8 heteroatoms. The second-order valence-electron chi connectivity index (χ2n) is 4.26. The first kappa shape index (κ1) is 13.0. The molecular weight excluding hydrogens is 279 g/mol. The predicted molar refractivity (Wildman–Crippen MR) is 69.0 cm³/mol. The number of fused-ring (bicyclic) bond motifs is 1. The number of hydrogen-bond donors (Lipinski definition) is 1. The van der Waals surface area contributed by atoms with Crippen LogP contribution in [0.15, 0.2) is 30.6 Å². The van der Waals surface area contributed by atoms with Gasteiger partial charge in [0.25, 0.3) is 5.78 Å². The third kappa shape index (κ3) is 2.38. The van der Waals surface area contributed by atoms with Gasteiger partial charge in [0.15, 0.2) is 0 Å². The van der Waals surface area contributed by atoms with Crippen LogP contribution in [0.4, 0.5) is 4.39 Å². The molecule has 1 N–H and O–H groups in total. The maximum Gasteiger partial charge on any atom is 0.339 e. The number of halogens is 1. The summed E-state index contributed by atoms with van der Waals surface area (Å²) >= 11 is 0. The second kappa shape index (κ2) is 4.82. The molecule has 1 aromatic carbocycles. The van der Waals surface area contributed by atoms with Gasteiger partial charge >= 0.3 is 5.97 Å². The molecule has 3 aromatic rings. The normalized spacial score (nSPS) is 10.8. The van der Waals surface area contributed by atoms with Gasteiger partial charge in [0.1, 0.15) is 23.5 Å². The van der Waals surface area contributed by atoms with Crippen molar-refractivity contribution >= 4 is 11.7 Å². The minimum absolute atomic E-state index is 0.120. The average molecular weight is 288 g/mol. The zero-order chi connectivity index (χ0) is 15.0. The van der Waals surface area contributed by atoms with Crippen molar-refractivity contribution in [2.75, 3.05) is 0 Å². The monoisotopic (exact) mass is 288 g/mol. The van der Waals surface area contributed by atoms with E-state index in [2.05, 4.69) is 15.1 Å². The highest BCUT2D eigenvalue weighted by Gasteiger charge is 2.15. The molecule has 0 spiro atoms. The van der Waals surface area contributed by atoms with Crippen molar-refractivity contribution < 1.29 is 19.0 Å². The van der Waals surface area contributed by atoms with Crippen molar-refractivity contribution in [3.8, 4) is 11.6 Å². The number of carboxylic acid groups (broad SMARTS) is 1. The van der Waals surface area contributed by atoms with E-state index in [1.54, 1.807) is 13.0 Å². The number of carbonyl (C=O) groups is 1. The molecule has 0 bridgehead atoms. The fourth-order valence-electron chi connectivity index (χ4n) is 1.84. The Bertz CT molecular complexity index is 847. The Morgan fingerprint density at radius 3 is 2.95 bits per heavy atom. The Kier molecular flexibility index (Phi) is 2.98. The van der Waals surface area contributed by atoms with E-state index in [-0.39, 0.29) is 17.2 Å². The summed E-state index contributed by atoms with van der Waals surface area (Å²) in [6.45, 7) is 1.73. The third-order valence-corrected chi connectivity index (χ3v) is 2.74. The van der Waals surface area contributed by atoms with Crippen molar-refractivity contribution in [1.29, 1.82) is 0 Å². The van der Waals surface area contributed by atoms with Crippen LogP contribution in [0.5, 0.6) is 11.6 Å². The van der Waals surface area contributed by atoms with Crippen molar-refractivity contribution in [3.63, 3.8) is 0 Å². The van der Waals surface area contributed by atoms with Gasteiger partial charge < -0.3 is 9.84 Å². The average Bonchev–Trinajstić information content (AvgIpc) is 2.86. The molecule has 7 nitrogen and oxygen atoms in total. The van der Waals surface area contributed by atoms with Crippen LogP contribution < -0.4 is 4.74 Å². The second-order valence-corrected chi connectivity index (χ2v) is 4.26. The minimum atomic E-state index is -1.22. The van der Waals surface area contributed by atoms with E-state index in [0.29, 0.717) is 11.5 Å². The molecule has 2 aromatic heterocycles. The molecule has 0 amide bonds. The number of carboxylic acids is 1. The zero-order valence-electron chi connectivity index (χ0n) is 10.8. The maximum atomic E-state index is 13.3. The van der Waals surface area contributed by atoms with Gasteiger partial charge in [-0.25, -0.2) is 14.2 Å². The molecular formula is C13H9FN4O3. The maximum absolute atomic E-state index is 13.3. The SMILES string of the molecule is Cc1cc(Oc2cc(F)ccc2C(=O)O)n2ncnc2n1. The first-order valence-electron chi connectivity index (χ1n) is 5.92. The molecule has 2 heterocycles. The number of ether oxygens (including phenoxy) is 1. The van der Waals surface area contributed by atoms with Crippen LogP contribution in [-0.4, -0.2) is 30.7 Å². The lowest BCUT2D eigenvalue weighted by Crippen LogP contribution is -2.04. The van der Waals surface area contributed by atoms with E-state index < -0.39 is 11.8 Å². The number of nitrogens with zero attached hydrogens (tertiary/aromatic N) is 4. The fraction of sp³-hybridized carbons (Fsp3) is 0.0769. The van der Waals surface area contributed by atoms with Gasteiger partial charge in [0.05, 0.1) is 0 Å². The standard InChI is InChI=1S/C13H9FN4O3/c1-7-4-11(18-13(17-7)15-6-16-18)21-10-5-8(14)2-3-9(10)12(19)20/h2-6H,1H3,(H,19,20). The van der Waals surface area contributed by atoms with Crippen LogP contribution in [0.25, 0.3) is 5.78 Å². The van der Waals surface area contributed by atoms with Gasteiger partial charge in [-0.2, -0.15) is 14.6 Å². The third-order valence-electron chi connectivity index (χ3n) is 2.74. The number of rotatable bonds is 3. The van der Waals surface area contributed by atoms with E-state index in [4.69, 9.17) is 9.84 Å². The zero-order valence-corrected chi connectivity index (χ0v) is 10.8. The summed E-state index contributed by atoms with van der Waals surface area (Å²) in [6.07, 6.45) is 1.29.